The molecule has 0 aromatic heterocycles. The Morgan fingerprint density at radius 1 is 1.41 bits per heavy atom. The van der Waals surface area contributed by atoms with Crippen molar-refractivity contribution in [3.05, 3.63) is 33.4 Å². The van der Waals surface area contributed by atoms with Crippen LogP contribution in [0.3, 0.4) is 0 Å². The van der Waals surface area contributed by atoms with Crippen molar-refractivity contribution in [2.75, 3.05) is 6.61 Å². The van der Waals surface area contributed by atoms with Gasteiger partial charge >= 0.3 is 6.18 Å². The zero-order chi connectivity index (χ0) is 13.1. The van der Waals surface area contributed by atoms with Crippen molar-refractivity contribution in [1.82, 2.24) is 0 Å². The van der Waals surface area contributed by atoms with Crippen molar-refractivity contribution in [3.63, 3.8) is 0 Å². The van der Waals surface area contributed by atoms with E-state index in [9.17, 15) is 18.3 Å². The molecule has 2 unspecified atom stereocenters. The number of halogens is 4. The predicted molar refractivity (Wildman–Crippen MR) is 60.6 cm³/mol. The summed E-state index contributed by atoms with van der Waals surface area (Å²) < 4.78 is 41.0. The molecule has 95 valence electrons. The standard InChI is InChI=1S/C10H9F3IO3/c11-10(12,13)8(15)5-17-9(16)6-2-1-3-7(14)4-6/h1-4,8-9,15H,5H2. The van der Waals surface area contributed by atoms with E-state index in [2.05, 4.69) is 4.74 Å². The topological polar surface area (TPSA) is 49.4 Å². The maximum Gasteiger partial charge on any atom is 0.416 e. The van der Waals surface area contributed by atoms with E-state index in [0.717, 1.165) is 3.57 Å². The van der Waals surface area contributed by atoms with Gasteiger partial charge in [-0.05, 0) is 34.7 Å². The normalized spacial score (nSPS) is 15.6. The molecular formula is C10H9F3IO3. The molecule has 0 amide bonds. The quantitative estimate of drug-likeness (QED) is 0.662. The summed E-state index contributed by atoms with van der Waals surface area (Å²) in [4.78, 5) is 0. The molecule has 1 aromatic rings. The smallest absolute Gasteiger partial charge is 0.382 e. The number of alkyl halides is 3. The van der Waals surface area contributed by atoms with Crippen LogP contribution in [-0.4, -0.2) is 24.0 Å². The first-order chi connectivity index (χ1) is 7.80. The molecule has 0 aliphatic carbocycles. The lowest BCUT2D eigenvalue weighted by atomic mass is 10.2. The number of hydrogen-bond donors (Lipinski definition) is 1. The second-order valence-electron chi connectivity index (χ2n) is 3.28. The summed E-state index contributed by atoms with van der Waals surface area (Å²) in [5.74, 6) is 0. The average Bonchev–Trinajstić information content (AvgIpc) is 2.24. The number of hydrogen-bond acceptors (Lipinski definition) is 2. The number of aliphatic hydroxyl groups is 1. The number of aliphatic hydroxyl groups excluding tert-OH is 1. The van der Waals surface area contributed by atoms with E-state index in [1.807, 2.05) is 22.6 Å². The van der Waals surface area contributed by atoms with Gasteiger partial charge in [-0.15, -0.1) is 0 Å². The van der Waals surface area contributed by atoms with Gasteiger partial charge in [0.25, 0.3) is 0 Å². The predicted octanol–water partition coefficient (Wildman–Crippen LogP) is 2.66. The Balaban J connectivity index is 2.53. The van der Waals surface area contributed by atoms with Gasteiger partial charge in [0.15, 0.2) is 6.10 Å². The monoisotopic (exact) mass is 361 g/mol. The Kier molecular flexibility index (Phi) is 5.17. The molecule has 0 aliphatic heterocycles. The van der Waals surface area contributed by atoms with E-state index in [-0.39, 0.29) is 5.56 Å². The van der Waals surface area contributed by atoms with E-state index >= 15 is 0 Å². The summed E-state index contributed by atoms with van der Waals surface area (Å²) in [7, 11) is 0. The molecule has 0 heterocycles. The van der Waals surface area contributed by atoms with Crippen LogP contribution >= 0.6 is 22.6 Å². The van der Waals surface area contributed by atoms with Crippen LogP contribution in [0.25, 0.3) is 0 Å². The number of ether oxygens (including phenoxy) is 1. The fourth-order valence-corrected chi connectivity index (χ4v) is 1.59. The number of benzene rings is 1. The summed E-state index contributed by atoms with van der Waals surface area (Å²) in [6.07, 6.45) is -9.14. The Morgan fingerprint density at radius 3 is 2.59 bits per heavy atom. The lowest BCUT2D eigenvalue weighted by molar-refractivity contribution is -0.240. The van der Waals surface area contributed by atoms with Crippen LogP contribution in [0.2, 0.25) is 0 Å². The van der Waals surface area contributed by atoms with Gasteiger partial charge in [0, 0.05) is 9.13 Å². The van der Waals surface area contributed by atoms with Crippen molar-refractivity contribution in [2.24, 2.45) is 0 Å². The number of rotatable bonds is 4. The van der Waals surface area contributed by atoms with Crippen LogP contribution in [-0.2, 0) is 9.84 Å². The zero-order valence-corrected chi connectivity index (χ0v) is 10.6. The van der Waals surface area contributed by atoms with Gasteiger partial charge in [-0.2, -0.15) is 18.3 Å². The summed E-state index contributed by atoms with van der Waals surface area (Å²) in [5.41, 5.74) is 0.228. The highest BCUT2D eigenvalue weighted by Gasteiger charge is 2.38. The molecule has 0 bridgehead atoms. The molecule has 0 saturated carbocycles. The Labute approximate surface area is 109 Å². The van der Waals surface area contributed by atoms with Gasteiger partial charge in [-0.3, -0.25) is 0 Å². The van der Waals surface area contributed by atoms with E-state index in [1.165, 1.54) is 12.1 Å². The summed E-state index contributed by atoms with van der Waals surface area (Å²) in [6.45, 7) is -1.07. The average molecular weight is 361 g/mol. The molecule has 7 heteroatoms. The lowest BCUT2D eigenvalue weighted by Crippen LogP contribution is -2.33. The Morgan fingerprint density at radius 2 is 2.06 bits per heavy atom. The van der Waals surface area contributed by atoms with Crippen molar-refractivity contribution in [3.8, 4) is 0 Å². The second-order valence-corrected chi connectivity index (χ2v) is 4.52. The SMILES string of the molecule is [O]C(OCC(O)C(F)(F)F)c1cccc(I)c1. The van der Waals surface area contributed by atoms with Crippen LogP contribution in [0, 0.1) is 3.57 Å². The molecule has 1 rings (SSSR count). The van der Waals surface area contributed by atoms with Crippen LogP contribution in [0.15, 0.2) is 24.3 Å². The Hall–Kier alpha value is -0.380. The van der Waals surface area contributed by atoms with Crippen molar-refractivity contribution in [1.29, 1.82) is 0 Å². The van der Waals surface area contributed by atoms with E-state index in [1.54, 1.807) is 12.1 Å². The van der Waals surface area contributed by atoms with Crippen LogP contribution < -0.4 is 0 Å². The van der Waals surface area contributed by atoms with Gasteiger partial charge in [-0.1, -0.05) is 12.1 Å². The minimum absolute atomic E-state index is 0.228. The highest BCUT2D eigenvalue weighted by atomic mass is 127. The first kappa shape index (κ1) is 14.7. The molecule has 1 aromatic carbocycles. The molecule has 0 fully saturated rings. The zero-order valence-electron chi connectivity index (χ0n) is 8.45. The third-order valence-electron chi connectivity index (χ3n) is 1.90. The lowest BCUT2D eigenvalue weighted by Gasteiger charge is -2.16. The molecular weight excluding hydrogens is 352 g/mol. The minimum atomic E-state index is -4.77. The van der Waals surface area contributed by atoms with Crippen LogP contribution in [0.5, 0.6) is 0 Å². The van der Waals surface area contributed by atoms with E-state index < -0.39 is 25.2 Å². The maximum atomic E-state index is 11.9. The van der Waals surface area contributed by atoms with Crippen molar-refractivity contribution >= 4 is 22.6 Å². The molecule has 17 heavy (non-hydrogen) atoms. The van der Waals surface area contributed by atoms with Crippen molar-refractivity contribution < 1.29 is 28.1 Å². The fourth-order valence-electron chi connectivity index (χ4n) is 1.02. The van der Waals surface area contributed by atoms with Gasteiger partial charge in [0.05, 0.1) is 6.61 Å². The van der Waals surface area contributed by atoms with Crippen LogP contribution in [0.4, 0.5) is 13.2 Å². The highest BCUT2D eigenvalue weighted by molar-refractivity contribution is 14.1. The third kappa shape index (κ3) is 4.78. The van der Waals surface area contributed by atoms with E-state index in [4.69, 9.17) is 5.11 Å². The summed E-state index contributed by atoms with van der Waals surface area (Å²) in [5, 5.41) is 20.1. The minimum Gasteiger partial charge on any atom is -0.382 e. The molecule has 0 spiro atoms. The van der Waals surface area contributed by atoms with E-state index in [0.29, 0.717) is 0 Å². The highest BCUT2D eigenvalue weighted by Crippen LogP contribution is 2.23. The van der Waals surface area contributed by atoms with Crippen LogP contribution in [0.1, 0.15) is 11.9 Å². The maximum absolute atomic E-state index is 11.9. The van der Waals surface area contributed by atoms with Gasteiger partial charge in [0.1, 0.15) is 0 Å². The summed E-state index contributed by atoms with van der Waals surface area (Å²) in [6, 6.07) is 6.31. The Bertz CT molecular complexity index is 370. The first-order valence-electron chi connectivity index (χ1n) is 4.58. The molecule has 2 atom stereocenters. The largest absolute Gasteiger partial charge is 0.416 e. The second kappa shape index (κ2) is 5.98. The first-order valence-corrected chi connectivity index (χ1v) is 5.66. The fraction of sp³-hybridized carbons (Fsp3) is 0.400. The van der Waals surface area contributed by atoms with Gasteiger partial charge in [0.2, 0.25) is 6.29 Å². The molecule has 1 radical (unpaired) electrons. The van der Waals surface area contributed by atoms with Crippen molar-refractivity contribution in [2.45, 2.75) is 18.6 Å². The van der Waals surface area contributed by atoms with Gasteiger partial charge in [-0.25, -0.2) is 0 Å². The third-order valence-corrected chi connectivity index (χ3v) is 2.58. The molecule has 3 nitrogen and oxygen atoms in total. The molecule has 0 aliphatic rings. The molecule has 1 N–H and O–H groups in total. The van der Waals surface area contributed by atoms with Gasteiger partial charge < -0.3 is 9.84 Å². The molecule has 0 saturated heterocycles. The summed E-state index contributed by atoms with van der Waals surface area (Å²) >= 11 is 1.97.